The van der Waals surface area contributed by atoms with Crippen LogP contribution in [0.2, 0.25) is 0 Å². The zero-order valence-electron chi connectivity index (χ0n) is 10.6. The van der Waals surface area contributed by atoms with Gasteiger partial charge in [0.05, 0.1) is 10.4 Å². The fraction of sp³-hybridized carbons (Fsp3) is 0.133. The maximum absolute atomic E-state index is 5.93. The number of rotatable bonds is 3. The number of hydrogen-bond donors (Lipinski definition) is 1. The van der Waals surface area contributed by atoms with Crippen molar-refractivity contribution in [3.05, 3.63) is 47.3 Å². The highest BCUT2D eigenvalue weighted by molar-refractivity contribution is 7.13. The van der Waals surface area contributed by atoms with Crippen LogP contribution in [0, 0.1) is 0 Å². The summed E-state index contributed by atoms with van der Waals surface area (Å²) >= 11 is 1.63. The second-order valence-corrected chi connectivity index (χ2v) is 5.25. The van der Waals surface area contributed by atoms with Crippen molar-refractivity contribution in [3.63, 3.8) is 0 Å². The van der Waals surface area contributed by atoms with Crippen LogP contribution >= 0.6 is 11.3 Å². The molecule has 2 N–H and O–H groups in total. The standard InChI is InChI=1S/C15H14N2OS/c1-2-10-5-7-11(8-6-10)13-14(17-18-15(13)16)12-4-3-9-19-12/h3-9H,2,16H2,1H3. The Morgan fingerprint density at radius 1 is 1.21 bits per heavy atom. The Bertz CT molecular complexity index is 669. The van der Waals surface area contributed by atoms with E-state index in [1.54, 1.807) is 11.3 Å². The Balaban J connectivity index is 2.11. The number of nitrogens with two attached hydrogens (primary N) is 1. The Labute approximate surface area is 115 Å². The second kappa shape index (κ2) is 4.90. The second-order valence-electron chi connectivity index (χ2n) is 4.30. The van der Waals surface area contributed by atoms with Gasteiger partial charge >= 0.3 is 0 Å². The molecule has 3 rings (SSSR count). The van der Waals surface area contributed by atoms with Crippen molar-refractivity contribution in [2.45, 2.75) is 13.3 Å². The molecular weight excluding hydrogens is 256 g/mol. The molecule has 3 aromatic rings. The van der Waals surface area contributed by atoms with Crippen molar-refractivity contribution in [3.8, 4) is 21.7 Å². The van der Waals surface area contributed by atoms with Crippen LogP contribution in [0.25, 0.3) is 21.7 Å². The number of anilines is 1. The highest BCUT2D eigenvalue weighted by atomic mass is 32.1. The number of aryl methyl sites for hydroxylation is 1. The molecule has 2 heterocycles. The Kier molecular flexibility index (Phi) is 3.09. The minimum absolute atomic E-state index is 0.368. The first-order valence-electron chi connectivity index (χ1n) is 6.18. The molecule has 0 spiro atoms. The lowest BCUT2D eigenvalue weighted by atomic mass is 10.0. The lowest BCUT2D eigenvalue weighted by molar-refractivity contribution is 0.439. The fourth-order valence-electron chi connectivity index (χ4n) is 2.07. The first-order valence-corrected chi connectivity index (χ1v) is 7.06. The van der Waals surface area contributed by atoms with Crippen LogP contribution in [0.3, 0.4) is 0 Å². The molecule has 4 heteroatoms. The third kappa shape index (κ3) is 2.15. The van der Waals surface area contributed by atoms with Crippen LogP contribution < -0.4 is 5.73 Å². The van der Waals surface area contributed by atoms with Crippen LogP contribution in [-0.2, 0) is 6.42 Å². The van der Waals surface area contributed by atoms with E-state index in [4.69, 9.17) is 10.3 Å². The summed E-state index contributed by atoms with van der Waals surface area (Å²) in [5.41, 5.74) is 9.96. The zero-order chi connectivity index (χ0) is 13.2. The average molecular weight is 270 g/mol. The maximum atomic E-state index is 5.93. The normalized spacial score (nSPS) is 10.8. The third-order valence-electron chi connectivity index (χ3n) is 3.12. The van der Waals surface area contributed by atoms with Gasteiger partial charge < -0.3 is 10.3 Å². The van der Waals surface area contributed by atoms with Gasteiger partial charge in [-0.25, -0.2) is 0 Å². The molecule has 0 radical (unpaired) electrons. The lowest BCUT2D eigenvalue weighted by Crippen LogP contribution is -1.87. The molecule has 0 atom stereocenters. The molecule has 0 unspecified atom stereocenters. The minimum atomic E-state index is 0.368. The van der Waals surface area contributed by atoms with Crippen LogP contribution in [0.15, 0.2) is 46.3 Å². The van der Waals surface area contributed by atoms with Gasteiger partial charge in [0, 0.05) is 0 Å². The van der Waals surface area contributed by atoms with Crippen molar-refractivity contribution >= 4 is 17.2 Å². The summed E-state index contributed by atoms with van der Waals surface area (Å²) in [6.45, 7) is 2.14. The van der Waals surface area contributed by atoms with Crippen LogP contribution in [-0.4, -0.2) is 5.16 Å². The van der Waals surface area contributed by atoms with Gasteiger partial charge in [0.15, 0.2) is 0 Å². The molecule has 0 amide bonds. The van der Waals surface area contributed by atoms with E-state index in [-0.39, 0.29) is 0 Å². The summed E-state index contributed by atoms with van der Waals surface area (Å²) in [6.07, 6.45) is 1.02. The summed E-state index contributed by atoms with van der Waals surface area (Å²) in [5.74, 6) is 0.368. The number of aromatic nitrogens is 1. The molecule has 2 aromatic heterocycles. The van der Waals surface area contributed by atoms with Crippen molar-refractivity contribution in [2.75, 3.05) is 5.73 Å². The maximum Gasteiger partial charge on any atom is 0.230 e. The molecule has 19 heavy (non-hydrogen) atoms. The zero-order valence-corrected chi connectivity index (χ0v) is 11.4. The SMILES string of the molecule is CCc1ccc(-c2c(-c3cccs3)noc2N)cc1. The van der Waals surface area contributed by atoms with E-state index in [0.29, 0.717) is 5.88 Å². The predicted molar refractivity (Wildman–Crippen MR) is 79.0 cm³/mol. The van der Waals surface area contributed by atoms with Crippen LogP contribution in [0.5, 0.6) is 0 Å². The van der Waals surface area contributed by atoms with Crippen molar-refractivity contribution < 1.29 is 4.52 Å². The van der Waals surface area contributed by atoms with Gasteiger partial charge in [-0.1, -0.05) is 42.4 Å². The molecular formula is C15H14N2OS. The van der Waals surface area contributed by atoms with Crippen molar-refractivity contribution in [1.29, 1.82) is 0 Å². The van der Waals surface area contributed by atoms with Gasteiger partial charge in [-0.05, 0) is 29.0 Å². The van der Waals surface area contributed by atoms with Gasteiger partial charge in [-0.3, -0.25) is 0 Å². The first kappa shape index (κ1) is 12.0. The highest BCUT2D eigenvalue weighted by Gasteiger charge is 2.17. The molecule has 0 bridgehead atoms. The molecule has 0 saturated heterocycles. The number of thiophene rings is 1. The quantitative estimate of drug-likeness (QED) is 0.775. The molecule has 0 aliphatic heterocycles. The summed E-state index contributed by atoms with van der Waals surface area (Å²) in [5, 5.41) is 6.11. The van der Waals surface area contributed by atoms with E-state index in [0.717, 1.165) is 28.1 Å². The van der Waals surface area contributed by atoms with E-state index in [1.165, 1.54) is 5.56 Å². The summed E-state index contributed by atoms with van der Waals surface area (Å²) in [7, 11) is 0. The topological polar surface area (TPSA) is 52.0 Å². The van der Waals surface area contributed by atoms with Gasteiger partial charge in [0.1, 0.15) is 5.69 Å². The number of benzene rings is 1. The molecule has 3 nitrogen and oxygen atoms in total. The van der Waals surface area contributed by atoms with E-state index in [2.05, 4.69) is 36.3 Å². The van der Waals surface area contributed by atoms with Gasteiger partial charge in [-0.15, -0.1) is 11.3 Å². The average Bonchev–Trinajstić information content (AvgIpc) is 3.08. The molecule has 96 valence electrons. The molecule has 0 fully saturated rings. The summed E-state index contributed by atoms with van der Waals surface area (Å²) in [6, 6.07) is 12.4. The lowest BCUT2D eigenvalue weighted by Gasteiger charge is -2.02. The molecule has 1 aromatic carbocycles. The van der Waals surface area contributed by atoms with E-state index in [1.807, 2.05) is 17.5 Å². The third-order valence-corrected chi connectivity index (χ3v) is 4.00. The van der Waals surface area contributed by atoms with Crippen LogP contribution in [0.4, 0.5) is 5.88 Å². The minimum Gasteiger partial charge on any atom is -0.367 e. The smallest absolute Gasteiger partial charge is 0.230 e. The van der Waals surface area contributed by atoms with E-state index < -0.39 is 0 Å². The van der Waals surface area contributed by atoms with Crippen molar-refractivity contribution in [1.82, 2.24) is 5.16 Å². The molecule has 0 aliphatic carbocycles. The van der Waals surface area contributed by atoms with Gasteiger partial charge in [0.2, 0.25) is 5.88 Å². The van der Waals surface area contributed by atoms with E-state index >= 15 is 0 Å². The summed E-state index contributed by atoms with van der Waals surface area (Å²) < 4.78 is 5.16. The Morgan fingerprint density at radius 2 is 2.00 bits per heavy atom. The monoisotopic (exact) mass is 270 g/mol. The largest absolute Gasteiger partial charge is 0.367 e. The fourth-order valence-corrected chi connectivity index (χ4v) is 2.78. The van der Waals surface area contributed by atoms with Gasteiger partial charge in [0.25, 0.3) is 0 Å². The summed E-state index contributed by atoms with van der Waals surface area (Å²) in [4.78, 5) is 1.06. The number of nitrogens with zero attached hydrogens (tertiary/aromatic N) is 1. The van der Waals surface area contributed by atoms with Gasteiger partial charge in [-0.2, -0.15) is 0 Å². The Morgan fingerprint density at radius 3 is 2.63 bits per heavy atom. The number of hydrogen-bond acceptors (Lipinski definition) is 4. The molecule has 0 aliphatic rings. The van der Waals surface area contributed by atoms with Crippen molar-refractivity contribution in [2.24, 2.45) is 0 Å². The Hall–Kier alpha value is -2.07. The molecule has 0 saturated carbocycles. The van der Waals surface area contributed by atoms with E-state index in [9.17, 15) is 0 Å². The van der Waals surface area contributed by atoms with Crippen LogP contribution in [0.1, 0.15) is 12.5 Å². The first-order chi connectivity index (χ1) is 9.29. The predicted octanol–water partition coefficient (Wildman–Crippen LogP) is 4.21. The number of nitrogen functional groups attached to an aromatic ring is 1. The highest BCUT2D eigenvalue weighted by Crippen LogP contribution is 2.37.